The fourth-order valence-corrected chi connectivity index (χ4v) is 2.54. The lowest BCUT2D eigenvalue weighted by molar-refractivity contribution is -0.0360. The predicted octanol–water partition coefficient (Wildman–Crippen LogP) is 2.06. The average Bonchev–Trinajstić information content (AvgIpc) is 2.15. The van der Waals surface area contributed by atoms with Crippen LogP contribution in [0.5, 0.6) is 0 Å². The number of hydrogen-bond donors (Lipinski definition) is 2. The van der Waals surface area contributed by atoms with Crippen molar-refractivity contribution in [3.8, 4) is 0 Å². The van der Waals surface area contributed by atoms with E-state index < -0.39 is 18.8 Å². The van der Waals surface area contributed by atoms with Crippen LogP contribution in [0.25, 0.3) is 0 Å². The summed E-state index contributed by atoms with van der Waals surface area (Å²) >= 11 is 0. The first kappa shape index (κ1) is 14.4. The van der Waals surface area contributed by atoms with E-state index in [1.54, 1.807) is 12.2 Å². The molecule has 0 amide bonds. The molecule has 1 aliphatic carbocycles. The van der Waals surface area contributed by atoms with Crippen LogP contribution in [0.15, 0.2) is 24.1 Å². The third-order valence-corrected chi connectivity index (χ3v) is 3.27. The van der Waals surface area contributed by atoms with Gasteiger partial charge in [-0.15, -0.1) is 0 Å². The van der Waals surface area contributed by atoms with E-state index in [0.717, 1.165) is 0 Å². The topological polar surface area (TPSA) is 49.7 Å². The molecule has 0 saturated carbocycles. The van der Waals surface area contributed by atoms with Crippen molar-refractivity contribution in [1.82, 2.24) is 0 Å². The maximum absolute atomic E-state index is 14.0. The van der Waals surface area contributed by atoms with Crippen LogP contribution in [0.2, 0.25) is 0 Å². The maximum Gasteiger partial charge on any atom is 0.634 e. The smallest absolute Gasteiger partial charge is 0.402 e. The molecule has 17 heavy (non-hydrogen) atoms. The van der Waals surface area contributed by atoms with Gasteiger partial charge in [-0.1, -0.05) is 39.8 Å². The van der Waals surface area contributed by atoms with Gasteiger partial charge in [-0.2, -0.15) is 0 Å². The van der Waals surface area contributed by atoms with Crippen LogP contribution in [-0.4, -0.2) is 23.0 Å². The highest BCUT2D eigenvalue weighted by atomic mass is 19.1. The lowest BCUT2D eigenvalue weighted by Crippen LogP contribution is -2.51. The van der Waals surface area contributed by atoms with Crippen molar-refractivity contribution in [2.24, 2.45) is 17.8 Å². The Hall–Kier alpha value is -0.645. The Bertz CT molecular complexity index is 326. The summed E-state index contributed by atoms with van der Waals surface area (Å²) in [5.74, 6) is -0.865. The van der Waals surface area contributed by atoms with Crippen molar-refractivity contribution < 1.29 is 19.1 Å². The zero-order valence-electron chi connectivity index (χ0n) is 10.7. The fraction of sp³-hybridized carbons (Fsp3) is 0.667. The highest BCUT2D eigenvalue weighted by Gasteiger charge is 2.47. The van der Waals surface area contributed by atoms with Gasteiger partial charge in [0.2, 0.25) is 0 Å². The average molecular weight is 242 g/mol. The molecule has 2 atom stereocenters. The van der Waals surface area contributed by atoms with Crippen molar-refractivity contribution in [3.05, 3.63) is 24.1 Å². The summed E-state index contributed by atoms with van der Waals surface area (Å²) in [6.07, 6.45) is 4.68. The van der Waals surface area contributed by atoms with Crippen molar-refractivity contribution in [2.45, 2.75) is 33.3 Å². The second kappa shape index (κ2) is 5.33. The van der Waals surface area contributed by atoms with E-state index in [9.17, 15) is 4.39 Å². The third-order valence-electron chi connectivity index (χ3n) is 3.27. The van der Waals surface area contributed by atoms with Crippen LogP contribution in [0, 0.1) is 17.8 Å². The first-order chi connectivity index (χ1) is 7.81. The molecule has 3 nitrogen and oxygen atoms in total. The Morgan fingerprint density at radius 3 is 2.35 bits per heavy atom. The molecule has 1 rings (SSSR count). The molecule has 0 fully saturated rings. The van der Waals surface area contributed by atoms with Crippen LogP contribution in [0.1, 0.15) is 27.7 Å². The van der Waals surface area contributed by atoms with Gasteiger partial charge in [0.25, 0.3) is 0 Å². The van der Waals surface area contributed by atoms with Crippen molar-refractivity contribution in [2.75, 3.05) is 0 Å². The van der Waals surface area contributed by atoms with Crippen molar-refractivity contribution >= 4 is 7.32 Å². The highest BCUT2D eigenvalue weighted by molar-refractivity contribution is 6.32. The lowest BCUT2D eigenvalue weighted by Gasteiger charge is -2.44. The van der Waals surface area contributed by atoms with Gasteiger partial charge in [-0.25, -0.2) is 4.39 Å². The summed E-state index contributed by atoms with van der Waals surface area (Å²) in [7, 11) is -1.91. The molecular formula is C12H20BFO3. The summed E-state index contributed by atoms with van der Waals surface area (Å²) in [5, 5.41) is 18.1. The Morgan fingerprint density at radius 1 is 1.35 bits per heavy atom. The molecule has 0 heterocycles. The molecule has 0 aromatic heterocycles. The molecule has 1 aliphatic rings. The second-order valence-electron chi connectivity index (χ2n) is 5.08. The van der Waals surface area contributed by atoms with Crippen LogP contribution >= 0.6 is 0 Å². The van der Waals surface area contributed by atoms with Gasteiger partial charge in [0.15, 0.2) is 0 Å². The largest absolute Gasteiger partial charge is 0.634 e. The molecule has 96 valence electrons. The summed E-state index contributed by atoms with van der Waals surface area (Å²) in [5.41, 5.74) is -1.01. The summed E-state index contributed by atoms with van der Waals surface area (Å²) < 4.78 is 19.2. The Kier molecular flexibility index (Phi) is 4.52. The molecule has 0 bridgehead atoms. The van der Waals surface area contributed by atoms with Crippen molar-refractivity contribution in [1.29, 1.82) is 0 Å². The molecule has 0 spiro atoms. The molecule has 0 saturated heterocycles. The van der Waals surface area contributed by atoms with E-state index in [2.05, 4.69) is 0 Å². The molecule has 0 aromatic carbocycles. The number of halogens is 1. The third kappa shape index (κ3) is 2.79. The van der Waals surface area contributed by atoms with Crippen LogP contribution < -0.4 is 0 Å². The standard InChI is InChI=1S/C12H20BFO3/c1-8(2)11-10(14)6-5-7-12(11,9(3)4)17-13(15)16/h5-9,11,15-16H,1-4H3. The molecule has 0 aliphatic heterocycles. The first-order valence-electron chi connectivity index (χ1n) is 5.90. The first-order valence-corrected chi connectivity index (χ1v) is 5.90. The van der Waals surface area contributed by atoms with E-state index in [0.29, 0.717) is 0 Å². The van der Waals surface area contributed by atoms with E-state index in [1.807, 2.05) is 27.7 Å². The normalized spacial score (nSPS) is 28.8. The Balaban J connectivity index is 3.18. The highest BCUT2D eigenvalue weighted by Crippen LogP contribution is 2.43. The summed E-state index contributed by atoms with van der Waals surface area (Å²) in [6.45, 7) is 7.53. The van der Waals surface area contributed by atoms with Crippen molar-refractivity contribution in [3.63, 3.8) is 0 Å². The van der Waals surface area contributed by atoms with Gasteiger partial charge in [-0.3, -0.25) is 0 Å². The van der Waals surface area contributed by atoms with Gasteiger partial charge in [0.05, 0.1) is 5.60 Å². The monoisotopic (exact) mass is 242 g/mol. The Morgan fingerprint density at radius 2 is 1.94 bits per heavy atom. The van der Waals surface area contributed by atoms with E-state index in [1.165, 1.54) is 6.08 Å². The van der Waals surface area contributed by atoms with Gasteiger partial charge in [0.1, 0.15) is 5.83 Å². The summed E-state index contributed by atoms with van der Waals surface area (Å²) in [6, 6.07) is 0. The predicted molar refractivity (Wildman–Crippen MR) is 65.5 cm³/mol. The number of hydrogen-bond acceptors (Lipinski definition) is 3. The van der Waals surface area contributed by atoms with Gasteiger partial charge < -0.3 is 14.7 Å². The summed E-state index contributed by atoms with van der Waals surface area (Å²) in [4.78, 5) is 0. The van der Waals surface area contributed by atoms with Crippen LogP contribution in [0.3, 0.4) is 0 Å². The molecular weight excluding hydrogens is 222 g/mol. The minimum absolute atomic E-state index is 0.00245. The molecule has 2 N–H and O–H groups in total. The van der Waals surface area contributed by atoms with Gasteiger partial charge in [-0.05, 0) is 17.9 Å². The zero-order chi connectivity index (χ0) is 13.2. The Labute approximate surface area is 102 Å². The van der Waals surface area contributed by atoms with E-state index in [4.69, 9.17) is 14.7 Å². The maximum atomic E-state index is 14.0. The quantitative estimate of drug-likeness (QED) is 0.742. The van der Waals surface area contributed by atoms with Gasteiger partial charge in [0, 0.05) is 5.92 Å². The van der Waals surface area contributed by atoms with E-state index in [-0.39, 0.29) is 17.7 Å². The van der Waals surface area contributed by atoms with Gasteiger partial charge >= 0.3 is 7.32 Å². The molecule has 0 radical (unpaired) electrons. The SMILES string of the molecule is CC(C)C1C(F)=CC=CC1(OB(O)O)C(C)C. The minimum atomic E-state index is -1.91. The second-order valence-corrected chi connectivity index (χ2v) is 5.08. The zero-order valence-corrected chi connectivity index (χ0v) is 10.7. The molecule has 0 aromatic rings. The lowest BCUT2D eigenvalue weighted by atomic mass is 9.69. The van der Waals surface area contributed by atoms with E-state index >= 15 is 0 Å². The fourth-order valence-electron chi connectivity index (χ4n) is 2.54. The number of rotatable bonds is 4. The van der Waals surface area contributed by atoms with Crippen LogP contribution in [0.4, 0.5) is 4.39 Å². The molecule has 5 heteroatoms. The minimum Gasteiger partial charge on any atom is -0.402 e. The van der Waals surface area contributed by atoms with Crippen LogP contribution in [-0.2, 0) is 4.65 Å². The number of allylic oxidation sites excluding steroid dienone is 2. The molecule has 2 unspecified atom stereocenters.